The zero-order valence-corrected chi connectivity index (χ0v) is 17.8. The Labute approximate surface area is 174 Å². The summed E-state index contributed by atoms with van der Waals surface area (Å²) in [4.78, 5) is 11.9. The summed E-state index contributed by atoms with van der Waals surface area (Å²) in [5.74, 6) is 1.54. The van der Waals surface area contributed by atoms with Crippen LogP contribution in [0.1, 0.15) is 61.8 Å². The van der Waals surface area contributed by atoms with E-state index in [9.17, 15) is 4.79 Å². The number of hydrogen-bond donors (Lipinski definition) is 2. The first kappa shape index (κ1) is 21.4. The zero-order valence-electron chi connectivity index (χ0n) is 17.8. The fourth-order valence-corrected chi connectivity index (χ4v) is 3.93. The quantitative estimate of drug-likeness (QED) is 0.626. The molecule has 0 aromatic heterocycles. The Bertz CT molecular complexity index is 828. The Balaban J connectivity index is 1.57. The van der Waals surface area contributed by atoms with Gasteiger partial charge in [0.25, 0.3) is 0 Å². The van der Waals surface area contributed by atoms with E-state index in [4.69, 9.17) is 9.84 Å². The number of carbonyl (C=O) groups excluding carboxylic acids is 1. The van der Waals surface area contributed by atoms with Crippen LogP contribution in [0.4, 0.5) is 0 Å². The third-order valence-electron chi connectivity index (χ3n) is 5.57. The third kappa shape index (κ3) is 5.83. The number of aryl methyl sites for hydroxylation is 1. The van der Waals surface area contributed by atoms with E-state index in [0.717, 1.165) is 24.2 Å². The minimum atomic E-state index is -0.234. The smallest absolute Gasteiger partial charge is 0.220 e. The standard InChI is InChI=1S/C25H33NO3/c1-18(2)21-9-5-20(6-10-21)16-25(3)17-22-15-19(7-11-23(22)29-25)8-12-24(28)26-13-4-14-27/h5-7,9-11,15,18,27H,4,8,12-14,16-17H2,1-3H3,(H,26,28). The molecule has 0 spiro atoms. The summed E-state index contributed by atoms with van der Waals surface area (Å²) in [6.07, 6.45) is 3.53. The maximum atomic E-state index is 11.9. The van der Waals surface area contributed by atoms with Crippen molar-refractivity contribution >= 4 is 5.91 Å². The van der Waals surface area contributed by atoms with Crippen LogP contribution in [0.15, 0.2) is 42.5 Å². The Morgan fingerprint density at radius 2 is 1.90 bits per heavy atom. The summed E-state index contributed by atoms with van der Waals surface area (Å²) < 4.78 is 6.32. The molecule has 29 heavy (non-hydrogen) atoms. The molecule has 4 nitrogen and oxygen atoms in total. The number of ether oxygens (including phenoxy) is 1. The first-order chi connectivity index (χ1) is 13.9. The largest absolute Gasteiger partial charge is 0.487 e. The molecule has 0 saturated heterocycles. The van der Waals surface area contributed by atoms with Crippen molar-refractivity contribution < 1.29 is 14.6 Å². The highest BCUT2D eigenvalue weighted by molar-refractivity contribution is 5.76. The first-order valence-corrected chi connectivity index (χ1v) is 10.7. The van der Waals surface area contributed by atoms with Crippen molar-refractivity contribution in [2.24, 2.45) is 0 Å². The SMILES string of the molecule is CC(C)c1ccc(CC2(C)Cc3cc(CCC(=O)NCCCO)ccc3O2)cc1. The van der Waals surface area contributed by atoms with Crippen LogP contribution >= 0.6 is 0 Å². The van der Waals surface area contributed by atoms with Crippen LogP contribution in [0.3, 0.4) is 0 Å². The number of benzene rings is 2. The average Bonchev–Trinajstić information content (AvgIpc) is 3.02. The van der Waals surface area contributed by atoms with Gasteiger partial charge in [-0.2, -0.15) is 0 Å². The molecule has 0 aliphatic carbocycles. The average molecular weight is 396 g/mol. The lowest BCUT2D eigenvalue weighted by Crippen LogP contribution is -2.32. The van der Waals surface area contributed by atoms with Gasteiger partial charge in [0, 0.05) is 32.4 Å². The lowest BCUT2D eigenvalue weighted by Gasteiger charge is -2.24. The number of nitrogens with one attached hydrogen (secondary N) is 1. The third-order valence-corrected chi connectivity index (χ3v) is 5.57. The van der Waals surface area contributed by atoms with Crippen molar-refractivity contribution in [3.05, 3.63) is 64.7 Å². The Kier molecular flexibility index (Phi) is 6.96. The number of aliphatic hydroxyl groups is 1. The highest BCUT2D eigenvalue weighted by Gasteiger charge is 2.35. The van der Waals surface area contributed by atoms with Crippen LogP contribution in [0.2, 0.25) is 0 Å². The van der Waals surface area contributed by atoms with E-state index in [1.54, 1.807) is 0 Å². The Hall–Kier alpha value is -2.33. The highest BCUT2D eigenvalue weighted by atomic mass is 16.5. The van der Waals surface area contributed by atoms with Crippen molar-refractivity contribution in [1.82, 2.24) is 5.32 Å². The summed E-state index contributed by atoms with van der Waals surface area (Å²) in [6.45, 7) is 7.24. The van der Waals surface area contributed by atoms with E-state index in [1.165, 1.54) is 16.7 Å². The molecular formula is C25H33NO3. The van der Waals surface area contributed by atoms with Gasteiger partial charge < -0.3 is 15.2 Å². The lowest BCUT2D eigenvalue weighted by molar-refractivity contribution is -0.121. The molecule has 0 fully saturated rings. The second kappa shape index (κ2) is 9.45. The van der Waals surface area contributed by atoms with Crippen molar-refractivity contribution in [3.63, 3.8) is 0 Å². The van der Waals surface area contributed by atoms with Gasteiger partial charge in [0.1, 0.15) is 11.4 Å². The second-order valence-corrected chi connectivity index (χ2v) is 8.67. The number of hydrogen-bond acceptors (Lipinski definition) is 3. The molecule has 1 aliphatic heterocycles. The van der Waals surface area contributed by atoms with E-state index >= 15 is 0 Å². The van der Waals surface area contributed by atoms with Crippen molar-refractivity contribution in [2.45, 2.75) is 64.4 Å². The van der Waals surface area contributed by atoms with Gasteiger partial charge in [-0.25, -0.2) is 0 Å². The first-order valence-electron chi connectivity index (χ1n) is 10.7. The summed E-state index contributed by atoms with van der Waals surface area (Å²) in [5, 5.41) is 11.6. The van der Waals surface area contributed by atoms with Gasteiger partial charge in [-0.1, -0.05) is 50.2 Å². The molecule has 1 heterocycles. The predicted molar refractivity (Wildman–Crippen MR) is 116 cm³/mol. The van der Waals surface area contributed by atoms with Crippen LogP contribution in [0.5, 0.6) is 5.75 Å². The van der Waals surface area contributed by atoms with Crippen molar-refractivity contribution in [1.29, 1.82) is 0 Å². The van der Waals surface area contributed by atoms with Gasteiger partial charge in [-0.3, -0.25) is 4.79 Å². The maximum Gasteiger partial charge on any atom is 0.220 e. The van der Waals surface area contributed by atoms with E-state index in [2.05, 4.69) is 62.5 Å². The molecule has 156 valence electrons. The van der Waals surface area contributed by atoms with Gasteiger partial charge in [0.15, 0.2) is 0 Å². The molecule has 2 N–H and O–H groups in total. The second-order valence-electron chi connectivity index (χ2n) is 8.67. The van der Waals surface area contributed by atoms with Crippen LogP contribution in [0, 0.1) is 0 Å². The molecular weight excluding hydrogens is 362 g/mol. The van der Waals surface area contributed by atoms with E-state index in [1.807, 2.05) is 6.07 Å². The number of aliphatic hydroxyl groups excluding tert-OH is 1. The van der Waals surface area contributed by atoms with Crippen molar-refractivity contribution in [3.8, 4) is 5.75 Å². The summed E-state index contributed by atoms with van der Waals surface area (Å²) in [6, 6.07) is 15.2. The lowest BCUT2D eigenvalue weighted by atomic mass is 9.90. The highest BCUT2D eigenvalue weighted by Crippen LogP contribution is 2.37. The minimum absolute atomic E-state index is 0.0323. The van der Waals surface area contributed by atoms with Crippen LogP contribution < -0.4 is 10.1 Å². The monoisotopic (exact) mass is 395 g/mol. The summed E-state index contributed by atoms with van der Waals surface area (Å²) >= 11 is 0. The molecule has 1 aliphatic rings. The van der Waals surface area contributed by atoms with Crippen molar-refractivity contribution in [2.75, 3.05) is 13.2 Å². The minimum Gasteiger partial charge on any atom is -0.487 e. The normalized spacial score (nSPS) is 17.8. The Morgan fingerprint density at radius 3 is 2.59 bits per heavy atom. The van der Waals surface area contributed by atoms with Crippen LogP contribution in [0.25, 0.3) is 0 Å². The molecule has 4 heteroatoms. The molecule has 1 atom stereocenters. The molecule has 2 aromatic carbocycles. The zero-order chi connectivity index (χ0) is 20.9. The van der Waals surface area contributed by atoms with E-state index in [0.29, 0.717) is 31.7 Å². The van der Waals surface area contributed by atoms with Crippen LogP contribution in [-0.2, 0) is 24.1 Å². The molecule has 0 saturated carbocycles. The summed E-state index contributed by atoms with van der Waals surface area (Å²) in [5.41, 5.74) is 4.81. The molecule has 2 aromatic rings. The molecule has 3 rings (SSSR count). The number of fused-ring (bicyclic) bond motifs is 1. The molecule has 0 bridgehead atoms. The summed E-state index contributed by atoms with van der Waals surface area (Å²) in [7, 11) is 0. The Morgan fingerprint density at radius 1 is 1.17 bits per heavy atom. The maximum absolute atomic E-state index is 11.9. The van der Waals surface area contributed by atoms with Crippen LogP contribution in [-0.4, -0.2) is 29.8 Å². The van der Waals surface area contributed by atoms with Gasteiger partial charge in [0.05, 0.1) is 0 Å². The molecule has 1 unspecified atom stereocenters. The van der Waals surface area contributed by atoms with Gasteiger partial charge >= 0.3 is 0 Å². The van der Waals surface area contributed by atoms with E-state index < -0.39 is 0 Å². The van der Waals surface area contributed by atoms with Gasteiger partial charge in [-0.05, 0) is 54.0 Å². The van der Waals surface area contributed by atoms with Gasteiger partial charge in [-0.15, -0.1) is 0 Å². The topological polar surface area (TPSA) is 58.6 Å². The van der Waals surface area contributed by atoms with Gasteiger partial charge in [0.2, 0.25) is 5.91 Å². The molecule has 0 radical (unpaired) electrons. The fraction of sp³-hybridized carbons (Fsp3) is 0.480. The number of amides is 1. The molecule has 1 amide bonds. The van der Waals surface area contributed by atoms with E-state index in [-0.39, 0.29) is 18.1 Å². The number of rotatable bonds is 9. The number of carbonyl (C=O) groups is 1. The fourth-order valence-electron chi connectivity index (χ4n) is 3.93. The predicted octanol–water partition coefficient (Wildman–Crippen LogP) is 4.18.